The van der Waals surface area contributed by atoms with Crippen LogP contribution in [0.1, 0.15) is 13.8 Å². The predicted molar refractivity (Wildman–Crippen MR) is 83.6 cm³/mol. The standard InChI is InChI=1S/C14H23BrN4/c1-3-18-6-8-19(9-7-18)12(2)11-17-14-10-13(15)4-5-16-14/h4-5,10,12H,3,6-9,11H2,1-2H3,(H,16,17)/t12-/m0/s1. The maximum atomic E-state index is 4.31. The van der Waals surface area contributed by atoms with Gasteiger partial charge in [-0.2, -0.15) is 0 Å². The van der Waals surface area contributed by atoms with E-state index in [1.165, 1.54) is 32.7 Å². The van der Waals surface area contributed by atoms with Crippen LogP contribution >= 0.6 is 15.9 Å². The first kappa shape index (κ1) is 14.8. The molecule has 0 amide bonds. The van der Waals surface area contributed by atoms with Crippen molar-refractivity contribution in [1.29, 1.82) is 0 Å². The van der Waals surface area contributed by atoms with Crippen LogP contribution in [0.3, 0.4) is 0 Å². The SMILES string of the molecule is CCN1CCN([C@@H](C)CNc2cc(Br)ccn2)CC1. The zero-order chi connectivity index (χ0) is 13.7. The molecule has 1 atom stereocenters. The fourth-order valence-corrected chi connectivity index (χ4v) is 2.74. The van der Waals surface area contributed by atoms with Crippen molar-refractivity contribution in [3.05, 3.63) is 22.8 Å². The molecule has 4 nitrogen and oxygen atoms in total. The number of likely N-dealkylation sites (N-methyl/N-ethyl adjacent to an activating group) is 1. The highest BCUT2D eigenvalue weighted by atomic mass is 79.9. The first-order chi connectivity index (χ1) is 9.19. The highest BCUT2D eigenvalue weighted by Gasteiger charge is 2.19. The van der Waals surface area contributed by atoms with Crippen LogP contribution in [0.4, 0.5) is 5.82 Å². The minimum absolute atomic E-state index is 0.541. The van der Waals surface area contributed by atoms with Gasteiger partial charge in [0.2, 0.25) is 0 Å². The van der Waals surface area contributed by atoms with Crippen LogP contribution in [0.5, 0.6) is 0 Å². The summed E-state index contributed by atoms with van der Waals surface area (Å²) in [5.41, 5.74) is 0. The fraction of sp³-hybridized carbons (Fsp3) is 0.643. The predicted octanol–water partition coefficient (Wildman–Crippen LogP) is 2.28. The minimum atomic E-state index is 0.541. The van der Waals surface area contributed by atoms with E-state index in [-0.39, 0.29) is 0 Å². The molecular formula is C14H23BrN4. The minimum Gasteiger partial charge on any atom is -0.368 e. The van der Waals surface area contributed by atoms with E-state index in [4.69, 9.17) is 0 Å². The summed E-state index contributed by atoms with van der Waals surface area (Å²) in [5, 5.41) is 3.41. The lowest BCUT2D eigenvalue weighted by Crippen LogP contribution is -2.51. The van der Waals surface area contributed by atoms with Crippen molar-refractivity contribution in [2.24, 2.45) is 0 Å². The first-order valence-electron chi connectivity index (χ1n) is 7.01. The molecule has 1 aromatic rings. The number of nitrogens with one attached hydrogen (secondary N) is 1. The Morgan fingerprint density at radius 1 is 1.37 bits per heavy atom. The van der Waals surface area contributed by atoms with Crippen LogP contribution in [0.15, 0.2) is 22.8 Å². The molecule has 0 bridgehead atoms. The third-order valence-electron chi connectivity index (χ3n) is 3.78. The maximum Gasteiger partial charge on any atom is 0.127 e. The van der Waals surface area contributed by atoms with Gasteiger partial charge in [-0.25, -0.2) is 4.98 Å². The van der Waals surface area contributed by atoms with E-state index < -0.39 is 0 Å². The van der Waals surface area contributed by atoms with E-state index in [0.717, 1.165) is 16.8 Å². The normalized spacial score (nSPS) is 19.3. The Morgan fingerprint density at radius 3 is 2.74 bits per heavy atom. The van der Waals surface area contributed by atoms with Crippen molar-refractivity contribution in [3.8, 4) is 0 Å². The average molecular weight is 327 g/mol. The Balaban J connectivity index is 1.77. The van der Waals surface area contributed by atoms with Crippen molar-refractivity contribution >= 4 is 21.7 Å². The van der Waals surface area contributed by atoms with Crippen LogP contribution in [0.2, 0.25) is 0 Å². The molecule has 2 rings (SSSR count). The van der Waals surface area contributed by atoms with Gasteiger partial charge in [-0.1, -0.05) is 22.9 Å². The third-order valence-corrected chi connectivity index (χ3v) is 4.27. The zero-order valence-electron chi connectivity index (χ0n) is 11.8. The van der Waals surface area contributed by atoms with E-state index in [1.807, 2.05) is 18.3 Å². The molecule has 0 saturated carbocycles. The lowest BCUT2D eigenvalue weighted by atomic mass is 10.2. The van der Waals surface area contributed by atoms with Crippen LogP contribution in [-0.4, -0.2) is 60.1 Å². The maximum absolute atomic E-state index is 4.31. The number of pyridine rings is 1. The topological polar surface area (TPSA) is 31.4 Å². The summed E-state index contributed by atoms with van der Waals surface area (Å²) >= 11 is 3.46. The summed E-state index contributed by atoms with van der Waals surface area (Å²) in [6, 6.07) is 4.50. The van der Waals surface area contributed by atoms with Gasteiger partial charge in [0, 0.05) is 49.4 Å². The van der Waals surface area contributed by atoms with Crippen LogP contribution in [0, 0.1) is 0 Å². The Hall–Kier alpha value is -0.650. The van der Waals surface area contributed by atoms with Crippen molar-refractivity contribution in [3.63, 3.8) is 0 Å². The van der Waals surface area contributed by atoms with Crippen molar-refractivity contribution < 1.29 is 0 Å². The Morgan fingerprint density at radius 2 is 2.11 bits per heavy atom. The van der Waals surface area contributed by atoms with Gasteiger partial charge in [-0.15, -0.1) is 0 Å². The molecule has 2 heterocycles. The zero-order valence-corrected chi connectivity index (χ0v) is 13.4. The molecule has 1 N–H and O–H groups in total. The lowest BCUT2D eigenvalue weighted by molar-refractivity contribution is 0.110. The monoisotopic (exact) mass is 326 g/mol. The average Bonchev–Trinajstić information content (AvgIpc) is 2.45. The molecule has 0 unspecified atom stereocenters. The molecule has 19 heavy (non-hydrogen) atoms. The van der Waals surface area contributed by atoms with Gasteiger partial charge in [-0.05, 0) is 25.6 Å². The van der Waals surface area contributed by atoms with E-state index in [0.29, 0.717) is 6.04 Å². The van der Waals surface area contributed by atoms with Crippen molar-refractivity contribution in [2.45, 2.75) is 19.9 Å². The second-order valence-electron chi connectivity index (χ2n) is 5.06. The molecule has 0 spiro atoms. The van der Waals surface area contributed by atoms with Gasteiger partial charge in [0.05, 0.1) is 0 Å². The second kappa shape index (κ2) is 7.22. The number of nitrogens with zero attached hydrogens (tertiary/aromatic N) is 3. The van der Waals surface area contributed by atoms with Gasteiger partial charge >= 0.3 is 0 Å². The molecule has 0 radical (unpaired) electrons. The summed E-state index contributed by atoms with van der Waals surface area (Å²) in [6.45, 7) is 11.3. The molecule has 0 aromatic carbocycles. The summed E-state index contributed by atoms with van der Waals surface area (Å²) in [7, 11) is 0. The molecule has 1 saturated heterocycles. The van der Waals surface area contributed by atoms with Gasteiger partial charge in [0.25, 0.3) is 0 Å². The van der Waals surface area contributed by atoms with Crippen LogP contribution in [0.25, 0.3) is 0 Å². The number of hydrogen-bond acceptors (Lipinski definition) is 4. The molecule has 0 aliphatic carbocycles. The summed E-state index contributed by atoms with van der Waals surface area (Å²) in [6.07, 6.45) is 1.82. The van der Waals surface area contributed by atoms with E-state index in [2.05, 4.69) is 49.9 Å². The van der Waals surface area contributed by atoms with Gasteiger partial charge in [0.15, 0.2) is 0 Å². The first-order valence-corrected chi connectivity index (χ1v) is 7.80. The molecule has 5 heteroatoms. The van der Waals surface area contributed by atoms with Crippen LogP contribution < -0.4 is 5.32 Å². The third kappa shape index (κ3) is 4.44. The van der Waals surface area contributed by atoms with E-state index in [9.17, 15) is 0 Å². The van der Waals surface area contributed by atoms with Crippen molar-refractivity contribution in [2.75, 3.05) is 44.6 Å². The number of hydrogen-bond donors (Lipinski definition) is 1. The number of halogens is 1. The van der Waals surface area contributed by atoms with E-state index in [1.54, 1.807) is 0 Å². The molecule has 1 aromatic heterocycles. The molecule has 1 aliphatic heterocycles. The van der Waals surface area contributed by atoms with Crippen molar-refractivity contribution in [1.82, 2.24) is 14.8 Å². The quantitative estimate of drug-likeness (QED) is 0.899. The number of piperazine rings is 1. The highest BCUT2D eigenvalue weighted by Crippen LogP contribution is 2.13. The summed E-state index contributed by atoms with van der Waals surface area (Å²) in [4.78, 5) is 9.37. The van der Waals surface area contributed by atoms with E-state index >= 15 is 0 Å². The molecule has 1 aliphatic rings. The fourth-order valence-electron chi connectivity index (χ4n) is 2.40. The smallest absolute Gasteiger partial charge is 0.127 e. The highest BCUT2D eigenvalue weighted by molar-refractivity contribution is 9.10. The number of rotatable bonds is 5. The van der Waals surface area contributed by atoms with Gasteiger partial charge in [0.1, 0.15) is 5.82 Å². The second-order valence-corrected chi connectivity index (χ2v) is 5.98. The van der Waals surface area contributed by atoms with Gasteiger partial charge in [-0.3, -0.25) is 4.90 Å². The number of aromatic nitrogens is 1. The summed E-state index contributed by atoms with van der Waals surface area (Å²) < 4.78 is 1.06. The Kier molecular flexibility index (Phi) is 5.60. The van der Waals surface area contributed by atoms with Gasteiger partial charge < -0.3 is 10.2 Å². The molecule has 1 fully saturated rings. The lowest BCUT2D eigenvalue weighted by Gasteiger charge is -2.37. The largest absolute Gasteiger partial charge is 0.368 e. The summed E-state index contributed by atoms with van der Waals surface area (Å²) in [5.74, 6) is 0.938. The Labute approximate surface area is 124 Å². The molecular weight excluding hydrogens is 304 g/mol. The Bertz CT molecular complexity index is 391. The molecule has 106 valence electrons. The number of anilines is 1. The van der Waals surface area contributed by atoms with Crippen LogP contribution in [-0.2, 0) is 0 Å².